The number of piperidine rings is 1. The smallest absolute Gasteiger partial charge is 0.324 e. The lowest BCUT2D eigenvalue weighted by Gasteiger charge is -2.20. The summed E-state index contributed by atoms with van der Waals surface area (Å²) in [5.41, 5.74) is 0. The molecule has 52 valence electrons. The van der Waals surface area contributed by atoms with Crippen molar-refractivity contribution in [1.29, 1.82) is 0 Å². The molecular weight excluding hydrogens is 128 g/mol. The summed E-state index contributed by atoms with van der Waals surface area (Å²) < 4.78 is 24.4. The van der Waals surface area contributed by atoms with Crippen molar-refractivity contribution in [1.82, 2.24) is 5.32 Å². The SMILES string of the molecule is O=C1NCCCC1(F)F. The van der Waals surface area contributed by atoms with E-state index in [1.165, 1.54) is 0 Å². The van der Waals surface area contributed by atoms with Crippen molar-refractivity contribution >= 4 is 5.91 Å². The molecule has 1 N–H and O–H groups in total. The summed E-state index contributed by atoms with van der Waals surface area (Å²) in [6, 6.07) is 0. The highest BCUT2D eigenvalue weighted by Gasteiger charge is 2.40. The molecule has 0 saturated carbocycles. The van der Waals surface area contributed by atoms with Crippen LogP contribution in [0.25, 0.3) is 0 Å². The first-order chi connectivity index (χ1) is 4.13. The van der Waals surface area contributed by atoms with Crippen LogP contribution in [0.15, 0.2) is 0 Å². The molecular formula is C5H7F2NO. The van der Waals surface area contributed by atoms with Crippen molar-refractivity contribution in [2.45, 2.75) is 18.8 Å². The number of nitrogens with one attached hydrogen (secondary N) is 1. The molecule has 0 aliphatic carbocycles. The fourth-order valence-corrected chi connectivity index (χ4v) is 0.755. The van der Waals surface area contributed by atoms with E-state index in [9.17, 15) is 13.6 Å². The van der Waals surface area contributed by atoms with Crippen LogP contribution in [0.3, 0.4) is 0 Å². The highest BCUT2D eigenvalue weighted by Crippen LogP contribution is 2.22. The van der Waals surface area contributed by atoms with Gasteiger partial charge in [0.1, 0.15) is 0 Å². The van der Waals surface area contributed by atoms with Gasteiger partial charge in [-0.05, 0) is 6.42 Å². The molecule has 1 amide bonds. The first-order valence-corrected chi connectivity index (χ1v) is 2.79. The maximum absolute atomic E-state index is 12.2. The lowest BCUT2D eigenvalue weighted by Crippen LogP contribution is -2.45. The average molecular weight is 135 g/mol. The Morgan fingerprint density at radius 2 is 2.22 bits per heavy atom. The molecule has 1 aliphatic rings. The van der Waals surface area contributed by atoms with E-state index in [-0.39, 0.29) is 6.42 Å². The number of alkyl halides is 2. The van der Waals surface area contributed by atoms with Crippen LogP contribution in [0.4, 0.5) is 8.78 Å². The second kappa shape index (κ2) is 1.93. The van der Waals surface area contributed by atoms with Gasteiger partial charge in [-0.15, -0.1) is 0 Å². The van der Waals surface area contributed by atoms with E-state index in [0.29, 0.717) is 13.0 Å². The van der Waals surface area contributed by atoms with E-state index >= 15 is 0 Å². The van der Waals surface area contributed by atoms with Crippen LogP contribution >= 0.6 is 0 Å². The van der Waals surface area contributed by atoms with Gasteiger partial charge in [-0.25, -0.2) is 0 Å². The largest absolute Gasteiger partial charge is 0.351 e. The minimum atomic E-state index is -3.11. The van der Waals surface area contributed by atoms with Crippen molar-refractivity contribution in [3.05, 3.63) is 0 Å². The van der Waals surface area contributed by atoms with Gasteiger partial charge in [0.15, 0.2) is 0 Å². The van der Waals surface area contributed by atoms with Gasteiger partial charge in [-0.3, -0.25) is 4.79 Å². The minimum Gasteiger partial charge on any atom is -0.351 e. The fraction of sp³-hybridized carbons (Fsp3) is 0.800. The van der Waals surface area contributed by atoms with Gasteiger partial charge in [0, 0.05) is 13.0 Å². The third-order valence-corrected chi connectivity index (χ3v) is 1.29. The Balaban J connectivity index is 2.60. The fourth-order valence-electron chi connectivity index (χ4n) is 0.755. The van der Waals surface area contributed by atoms with Crippen LogP contribution in [-0.2, 0) is 4.79 Å². The van der Waals surface area contributed by atoms with E-state index in [4.69, 9.17) is 0 Å². The Kier molecular flexibility index (Phi) is 1.38. The van der Waals surface area contributed by atoms with E-state index in [1.54, 1.807) is 0 Å². The molecule has 1 saturated heterocycles. The molecule has 0 atom stereocenters. The van der Waals surface area contributed by atoms with Crippen LogP contribution in [0.5, 0.6) is 0 Å². The Hall–Kier alpha value is -0.670. The van der Waals surface area contributed by atoms with Gasteiger partial charge >= 0.3 is 5.92 Å². The number of halogens is 2. The molecule has 0 unspecified atom stereocenters. The van der Waals surface area contributed by atoms with Gasteiger partial charge in [-0.2, -0.15) is 8.78 Å². The van der Waals surface area contributed by atoms with Crippen molar-refractivity contribution < 1.29 is 13.6 Å². The molecule has 9 heavy (non-hydrogen) atoms. The monoisotopic (exact) mass is 135 g/mol. The van der Waals surface area contributed by atoms with Gasteiger partial charge in [-0.1, -0.05) is 0 Å². The second-order valence-electron chi connectivity index (χ2n) is 2.06. The molecule has 0 radical (unpaired) electrons. The van der Waals surface area contributed by atoms with Crippen LogP contribution < -0.4 is 5.32 Å². The molecule has 4 heteroatoms. The molecule has 0 aromatic rings. The third kappa shape index (κ3) is 1.17. The zero-order valence-corrected chi connectivity index (χ0v) is 4.79. The van der Waals surface area contributed by atoms with E-state index in [1.807, 2.05) is 0 Å². The summed E-state index contributed by atoms with van der Waals surface area (Å²) in [4.78, 5) is 10.3. The van der Waals surface area contributed by atoms with Crippen molar-refractivity contribution in [2.75, 3.05) is 6.54 Å². The summed E-state index contributed by atoms with van der Waals surface area (Å²) in [6.07, 6.45) is 0.0670. The standard InChI is InChI=1S/C5H7F2NO/c6-5(7)2-1-3-8-4(5)9/h1-3H2,(H,8,9). The Morgan fingerprint density at radius 1 is 1.56 bits per heavy atom. The maximum Gasteiger partial charge on any atom is 0.324 e. The summed E-state index contributed by atoms with van der Waals surface area (Å²) in [6.45, 7) is 0.383. The Morgan fingerprint density at radius 3 is 2.56 bits per heavy atom. The zero-order valence-electron chi connectivity index (χ0n) is 4.79. The highest BCUT2D eigenvalue weighted by molar-refractivity contribution is 5.83. The van der Waals surface area contributed by atoms with Gasteiger partial charge < -0.3 is 5.32 Å². The Labute approximate surface area is 51.2 Å². The first kappa shape index (κ1) is 6.45. The number of hydrogen-bond acceptors (Lipinski definition) is 1. The average Bonchev–Trinajstić information content (AvgIpc) is 1.77. The van der Waals surface area contributed by atoms with Crippen molar-refractivity contribution in [3.8, 4) is 0 Å². The number of rotatable bonds is 0. The highest BCUT2D eigenvalue weighted by atomic mass is 19.3. The molecule has 0 bridgehead atoms. The summed E-state index contributed by atoms with van der Waals surface area (Å²) in [5.74, 6) is -4.24. The quantitative estimate of drug-likeness (QED) is 0.515. The summed E-state index contributed by atoms with van der Waals surface area (Å²) in [5, 5.41) is 2.08. The third-order valence-electron chi connectivity index (χ3n) is 1.29. The van der Waals surface area contributed by atoms with E-state index < -0.39 is 11.8 Å². The number of carbonyl (C=O) groups excluding carboxylic acids is 1. The topological polar surface area (TPSA) is 29.1 Å². The van der Waals surface area contributed by atoms with Crippen LogP contribution in [0.2, 0.25) is 0 Å². The summed E-state index contributed by atoms with van der Waals surface area (Å²) in [7, 11) is 0. The summed E-state index contributed by atoms with van der Waals surface area (Å²) >= 11 is 0. The van der Waals surface area contributed by atoms with Crippen LogP contribution in [-0.4, -0.2) is 18.4 Å². The zero-order chi connectivity index (χ0) is 6.91. The number of hydrogen-bond donors (Lipinski definition) is 1. The molecule has 0 spiro atoms. The molecule has 1 fully saturated rings. The van der Waals surface area contributed by atoms with Gasteiger partial charge in [0.05, 0.1) is 0 Å². The van der Waals surface area contributed by atoms with Gasteiger partial charge in [0.25, 0.3) is 5.91 Å². The van der Waals surface area contributed by atoms with Gasteiger partial charge in [0.2, 0.25) is 0 Å². The molecule has 1 rings (SSSR count). The minimum absolute atomic E-state index is 0.307. The van der Waals surface area contributed by atoms with Crippen LogP contribution in [0.1, 0.15) is 12.8 Å². The Bertz CT molecular complexity index is 135. The van der Waals surface area contributed by atoms with Crippen molar-refractivity contribution in [2.24, 2.45) is 0 Å². The van der Waals surface area contributed by atoms with Crippen LogP contribution in [0, 0.1) is 0 Å². The molecule has 0 aromatic heterocycles. The molecule has 0 aromatic carbocycles. The molecule has 2 nitrogen and oxygen atoms in total. The number of amides is 1. The van der Waals surface area contributed by atoms with Crippen molar-refractivity contribution in [3.63, 3.8) is 0 Å². The molecule has 1 heterocycles. The predicted octanol–water partition coefficient (Wildman–Crippen LogP) is 0.532. The predicted molar refractivity (Wildman–Crippen MR) is 27.2 cm³/mol. The lowest BCUT2D eigenvalue weighted by molar-refractivity contribution is -0.149. The maximum atomic E-state index is 12.2. The lowest BCUT2D eigenvalue weighted by atomic mass is 10.1. The molecule has 1 aliphatic heterocycles. The van der Waals surface area contributed by atoms with E-state index in [0.717, 1.165) is 0 Å². The number of carbonyl (C=O) groups is 1. The second-order valence-corrected chi connectivity index (χ2v) is 2.06. The first-order valence-electron chi connectivity index (χ1n) is 2.79. The van der Waals surface area contributed by atoms with E-state index in [2.05, 4.69) is 5.32 Å². The normalized spacial score (nSPS) is 25.3.